The summed E-state index contributed by atoms with van der Waals surface area (Å²) in [6, 6.07) is 9.22. The molecular weight excluding hydrogens is 320 g/mol. The fraction of sp³-hybridized carbons (Fsp3) is 0.389. The summed E-state index contributed by atoms with van der Waals surface area (Å²) in [5, 5.41) is 12.2. The SMILES string of the molecule is COc1ccccc1-c1cc(NC(=O)CNC(=O)CC(C)(C)C)n[nH]1. The molecule has 0 bridgehead atoms. The number of hydrogen-bond donors (Lipinski definition) is 3. The molecule has 1 aromatic heterocycles. The van der Waals surface area contributed by atoms with Gasteiger partial charge in [0.25, 0.3) is 0 Å². The molecule has 0 radical (unpaired) electrons. The fourth-order valence-corrected chi connectivity index (χ4v) is 2.30. The number of amides is 2. The number of aromatic nitrogens is 2. The molecule has 134 valence electrons. The number of benzene rings is 1. The summed E-state index contributed by atoms with van der Waals surface area (Å²) in [5.41, 5.74) is 1.45. The van der Waals surface area contributed by atoms with Crippen LogP contribution in [0.5, 0.6) is 5.75 Å². The van der Waals surface area contributed by atoms with E-state index in [1.54, 1.807) is 13.2 Å². The van der Waals surface area contributed by atoms with Crippen molar-refractivity contribution in [2.24, 2.45) is 5.41 Å². The summed E-state index contributed by atoms with van der Waals surface area (Å²) in [4.78, 5) is 23.7. The van der Waals surface area contributed by atoms with Gasteiger partial charge in [-0.15, -0.1) is 0 Å². The van der Waals surface area contributed by atoms with Crippen LogP contribution in [0.25, 0.3) is 11.3 Å². The lowest BCUT2D eigenvalue weighted by Gasteiger charge is -2.16. The largest absolute Gasteiger partial charge is 0.496 e. The van der Waals surface area contributed by atoms with Crippen molar-refractivity contribution in [3.05, 3.63) is 30.3 Å². The average molecular weight is 344 g/mol. The van der Waals surface area contributed by atoms with Gasteiger partial charge < -0.3 is 15.4 Å². The van der Waals surface area contributed by atoms with E-state index in [1.165, 1.54) is 0 Å². The summed E-state index contributed by atoms with van der Waals surface area (Å²) in [6.45, 7) is 5.81. The Morgan fingerprint density at radius 3 is 2.60 bits per heavy atom. The zero-order valence-electron chi connectivity index (χ0n) is 15.0. The molecule has 0 spiro atoms. The third-order valence-corrected chi connectivity index (χ3v) is 3.38. The Hall–Kier alpha value is -2.83. The Morgan fingerprint density at radius 2 is 1.92 bits per heavy atom. The maximum absolute atomic E-state index is 11.9. The molecule has 1 aromatic carbocycles. The van der Waals surface area contributed by atoms with Crippen LogP contribution in [0.2, 0.25) is 0 Å². The van der Waals surface area contributed by atoms with Gasteiger partial charge in [0, 0.05) is 18.1 Å². The predicted molar refractivity (Wildman–Crippen MR) is 96.3 cm³/mol. The van der Waals surface area contributed by atoms with Crippen molar-refractivity contribution in [3.63, 3.8) is 0 Å². The van der Waals surface area contributed by atoms with Gasteiger partial charge >= 0.3 is 0 Å². The quantitative estimate of drug-likeness (QED) is 0.750. The second-order valence-corrected chi connectivity index (χ2v) is 6.93. The summed E-state index contributed by atoms with van der Waals surface area (Å²) in [7, 11) is 1.60. The summed E-state index contributed by atoms with van der Waals surface area (Å²) in [5.74, 6) is 0.606. The second kappa shape index (κ2) is 7.83. The number of nitrogens with zero attached hydrogens (tertiary/aromatic N) is 1. The van der Waals surface area contributed by atoms with Crippen LogP contribution in [0.15, 0.2) is 30.3 Å². The van der Waals surface area contributed by atoms with Crippen molar-refractivity contribution in [2.45, 2.75) is 27.2 Å². The van der Waals surface area contributed by atoms with E-state index in [9.17, 15) is 9.59 Å². The zero-order chi connectivity index (χ0) is 18.4. The molecule has 0 aliphatic rings. The molecule has 2 rings (SSSR count). The molecule has 2 aromatic rings. The maximum atomic E-state index is 11.9. The van der Waals surface area contributed by atoms with Crippen LogP contribution >= 0.6 is 0 Å². The number of nitrogens with one attached hydrogen (secondary N) is 3. The molecule has 0 aliphatic carbocycles. The lowest BCUT2D eigenvalue weighted by Crippen LogP contribution is -2.34. The van der Waals surface area contributed by atoms with Crippen molar-refractivity contribution in [1.82, 2.24) is 15.5 Å². The molecule has 0 saturated carbocycles. The Labute approximate surface area is 147 Å². The number of aromatic amines is 1. The molecule has 0 fully saturated rings. The van der Waals surface area contributed by atoms with E-state index in [0.29, 0.717) is 18.0 Å². The molecule has 0 unspecified atom stereocenters. The number of carbonyl (C=O) groups excluding carboxylic acids is 2. The van der Waals surface area contributed by atoms with Crippen LogP contribution in [-0.2, 0) is 9.59 Å². The third kappa shape index (κ3) is 5.63. The first kappa shape index (κ1) is 18.5. The Balaban J connectivity index is 1.93. The monoisotopic (exact) mass is 344 g/mol. The number of hydrogen-bond acceptors (Lipinski definition) is 4. The number of H-pyrrole nitrogens is 1. The molecular formula is C18H24N4O3. The van der Waals surface area contributed by atoms with Crippen LogP contribution in [0, 0.1) is 5.41 Å². The lowest BCUT2D eigenvalue weighted by molar-refractivity contribution is -0.125. The average Bonchev–Trinajstić information content (AvgIpc) is 2.99. The van der Waals surface area contributed by atoms with Crippen LogP contribution in [0.4, 0.5) is 5.82 Å². The lowest BCUT2D eigenvalue weighted by atomic mass is 9.92. The van der Waals surface area contributed by atoms with Gasteiger partial charge in [-0.25, -0.2) is 0 Å². The van der Waals surface area contributed by atoms with Crippen LogP contribution in [0.1, 0.15) is 27.2 Å². The molecule has 0 atom stereocenters. The third-order valence-electron chi connectivity index (χ3n) is 3.38. The molecule has 0 aliphatic heterocycles. The number of rotatable bonds is 6. The van der Waals surface area contributed by atoms with Gasteiger partial charge in [-0.3, -0.25) is 14.7 Å². The van der Waals surface area contributed by atoms with Crippen molar-refractivity contribution in [2.75, 3.05) is 19.0 Å². The molecule has 7 nitrogen and oxygen atoms in total. The van der Waals surface area contributed by atoms with E-state index in [1.807, 2.05) is 45.0 Å². The van der Waals surface area contributed by atoms with Gasteiger partial charge in [0.15, 0.2) is 5.82 Å². The number of para-hydroxylation sites is 1. The standard InChI is InChI=1S/C18H24N4O3/c1-18(2,3)10-16(23)19-11-17(24)20-15-9-13(21-22-15)12-7-5-6-8-14(12)25-4/h5-9H,10-11H2,1-4H3,(H,19,23)(H2,20,21,22,24). The maximum Gasteiger partial charge on any atom is 0.244 e. The Bertz CT molecular complexity index is 747. The van der Waals surface area contributed by atoms with Crippen LogP contribution in [0.3, 0.4) is 0 Å². The minimum atomic E-state index is -0.333. The number of ether oxygens (including phenoxy) is 1. The highest BCUT2D eigenvalue weighted by atomic mass is 16.5. The first-order valence-electron chi connectivity index (χ1n) is 8.04. The van der Waals surface area contributed by atoms with E-state index in [2.05, 4.69) is 20.8 Å². The minimum Gasteiger partial charge on any atom is -0.496 e. The van der Waals surface area contributed by atoms with Gasteiger partial charge in [-0.1, -0.05) is 32.9 Å². The molecule has 25 heavy (non-hydrogen) atoms. The molecule has 0 saturated heterocycles. The minimum absolute atomic E-state index is 0.0915. The van der Waals surface area contributed by atoms with E-state index < -0.39 is 0 Å². The fourth-order valence-electron chi connectivity index (χ4n) is 2.30. The summed E-state index contributed by atoms with van der Waals surface area (Å²) in [6.07, 6.45) is 0.362. The molecule has 1 heterocycles. The van der Waals surface area contributed by atoms with E-state index in [4.69, 9.17) is 4.74 Å². The topological polar surface area (TPSA) is 96.1 Å². The van der Waals surface area contributed by atoms with E-state index >= 15 is 0 Å². The normalized spacial score (nSPS) is 11.0. The van der Waals surface area contributed by atoms with Crippen molar-refractivity contribution < 1.29 is 14.3 Å². The first-order valence-corrected chi connectivity index (χ1v) is 8.04. The Morgan fingerprint density at radius 1 is 1.20 bits per heavy atom. The number of carbonyl (C=O) groups is 2. The highest BCUT2D eigenvalue weighted by Gasteiger charge is 2.16. The molecule has 7 heteroatoms. The number of anilines is 1. The summed E-state index contributed by atoms with van der Waals surface area (Å²) >= 11 is 0. The van der Waals surface area contributed by atoms with Gasteiger partial charge in [-0.2, -0.15) is 5.10 Å². The van der Waals surface area contributed by atoms with Crippen molar-refractivity contribution in [3.8, 4) is 17.0 Å². The van der Waals surface area contributed by atoms with Gasteiger partial charge in [0.05, 0.1) is 19.3 Å². The van der Waals surface area contributed by atoms with Crippen molar-refractivity contribution in [1.29, 1.82) is 0 Å². The molecule has 3 N–H and O–H groups in total. The van der Waals surface area contributed by atoms with Crippen LogP contribution in [-0.4, -0.2) is 35.7 Å². The number of methoxy groups -OCH3 is 1. The molecule has 2 amide bonds. The van der Waals surface area contributed by atoms with Gasteiger partial charge in [-0.05, 0) is 17.5 Å². The highest BCUT2D eigenvalue weighted by molar-refractivity contribution is 5.94. The predicted octanol–water partition coefficient (Wildman–Crippen LogP) is 2.58. The summed E-state index contributed by atoms with van der Waals surface area (Å²) < 4.78 is 5.31. The zero-order valence-corrected chi connectivity index (χ0v) is 15.0. The highest BCUT2D eigenvalue weighted by Crippen LogP contribution is 2.29. The second-order valence-electron chi connectivity index (χ2n) is 6.93. The smallest absolute Gasteiger partial charge is 0.244 e. The van der Waals surface area contributed by atoms with Gasteiger partial charge in [0.1, 0.15) is 5.75 Å². The Kier molecular flexibility index (Phi) is 5.80. The van der Waals surface area contributed by atoms with Crippen LogP contribution < -0.4 is 15.4 Å². The first-order chi connectivity index (χ1) is 11.8. The van der Waals surface area contributed by atoms with E-state index in [-0.39, 0.29) is 23.8 Å². The van der Waals surface area contributed by atoms with E-state index in [0.717, 1.165) is 11.3 Å². The van der Waals surface area contributed by atoms with Gasteiger partial charge in [0.2, 0.25) is 11.8 Å². The van der Waals surface area contributed by atoms with Crippen molar-refractivity contribution >= 4 is 17.6 Å².